The van der Waals surface area contributed by atoms with Crippen LogP contribution in [0.4, 0.5) is 11.4 Å². The third-order valence-electron chi connectivity index (χ3n) is 3.04. The first-order valence-corrected chi connectivity index (χ1v) is 6.77. The minimum absolute atomic E-state index is 0.0599. The second kappa shape index (κ2) is 7.64. The Bertz CT molecular complexity index is 514. The Kier molecular flexibility index (Phi) is 6.17. The Morgan fingerprint density at radius 2 is 1.90 bits per heavy atom. The summed E-state index contributed by atoms with van der Waals surface area (Å²) in [6.45, 7) is 2.40. The second-order valence-electron chi connectivity index (χ2n) is 4.91. The number of likely N-dealkylation sites (N-methyl/N-ethyl adjacent to an activating group) is 1. The van der Waals surface area contributed by atoms with Gasteiger partial charge in [-0.15, -0.1) is 0 Å². The van der Waals surface area contributed by atoms with Gasteiger partial charge in [-0.3, -0.25) is 4.79 Å². The normalized spacial score (nSPS) is 10.3. The Morgan fingerprint density at radius 3 is 2.43 bits per heavy atom. The van der Waals surface area contributed by atoms with E-state index in [2.05, 4.69) is 0 Å². The van der Waals surface area contributed by atoms with Gasteiger partial charge in [0.05, 0.1) is 11.3 Å². The molecule has 116 valence electrons. The number of carboxylic acids is 1. The number of carbonyl (C=O) groups is 2. The summed E-state index contributed by atoms with van der Waals surface area (Å²) in [5.74, 6) is -1.34. The molecule has 0 saturated heterocycles. The standard InChI is InChI=1S/C15H22N2O4/c1-5-8-21-10-14(18)17(4)13-9-11(16(2)3)6-7-12(13)15(19)20/h6-7,9H,5,8,10H2,1-4H3,(H,19,20). The van der Waals surface area contributed by atoms with E-state index < -0.39 is 5.97 Å². The summed E-state index contributed by atoms with van der Waals surface area (Å²) in [5, 5.41) is 9.26. The maximum Gasteiger partial charge on any atom is 0.337 e. The SMILES string of the molecule is CCCOCC(=O)N(C)c1cc(N(C)C)ccc1C(=O)O. The predicted molar refractivity (Wildman–Crippen MR) is 82.2 cm³/mol. The molecule has 6 heteroatoms. The van der Waals surface area contributed by atoms with Crippen LogP contribution in [0.25, 0.3) is 0 Å². The number of anilines is 2. The van der Waals surface area contributed by atoms with Crippen molar-refractivity contribution in [3.05, 3.63) is 23.8 Å². The van der Waals surface area contributed by atoms with Crippen LogP contribution in [0.2, 0.25) is 0 Å². The van der Waals surface area contributed by atoms with Crippen LogP contribution in [0.5, 0.6) is 0 Å². The van der Waals surface area contributed by atoms with Gasteiger partial charge in [-0.2, -0.15) is 0 Å². The third kappa shape index (κ3) is 4.46. The molecule has 0 aliphatic carbocycles. The molecule has 0 spiro atoms. The van der Waals surface area contributed by atoms with Crippen LogP contribution in [0, 0.1) is 0 Å². The summed E-state index contributed by atoms with van der Waals surface area (Å²) >= 11 is 0. The fourth-order valence-corrected chi connectivity index (χ4v) is 1.79. The van der Waals surface area contributed by atoms with Crippen molar-refractivity contribution in [3.8, 4) is 0 Å². The number of hydrogen-bond acceptors (Lipinski definition) is 4. The molecule has 0 aromatic heterocycles. The van der Waals surface area contributed by atoms with Crippen LogP contribution >= 0.6 is 0 Å². The fraction of sp³-hybridized carbons (Fsp3) is 0.467. The number of rotatable bonds is 7. The fourth-order valence-electron chi connectivity index (χ4n) is 1.79. The summed E-state index contributed by atoms with van der Waals surface area (Å²) in [7, 11) is 5.26. The molecule has 0 saturated carbocycles. The highest BCUT2D eigenvalue weighted by Crippen LogP contribution is 2.25. The van der Waals surface area contributed by atoms with Gasteiger partial charge in [0.15, 0.2) is 0 Å². The average molecular weight is 294 g/mol. The average Bonchev–Trinajstić information content (AvgIpc) is 2.45. The largest absolute Gasteiger partial charge is 0.478 e. The van der Waals surface area contributed by atoms with Crippen molar-refractivity contribution in [1.82, 2.24) is 0 Å². The van der Waals surface area contributed by atoms with Crippen molar-refractivity contribution < 1.29 is 19.4 Å². The van der Waals surface area contributed by atoms with Gasteiger partial charge in [0.2, 0.25) is 0 Å². The van der Waals surface area contributed by atoms with E-state index in [0.717, 1.165) is 12.1 Å². The molecule has 0 bridgehead atoms. The van der Waals surface area contributed by atoms with E-state index in [1.807, 2.05) is 25.9 Å². The van der Waals surface area contributed by atoms with Crippen molar-refractivity contribution in [3.63, 3.8) is 0 Å². The molecule has 6 nitrogen and oxygen atoms in total. The highest BCUT2D eigenvalue weighted by atomic mass is 16.5. The van der Waals surface area contributed by atoms with Crippen LogP contribution in [-0.4, -0.2) is 51.3 Å². The molecule has 1 amide bonds. The van der Waals surface area contributed by atoms with Gasteiger partial charge in [0.1, 0.15) is 6.61 Å². The van der Waals surface area contributed by atoms with Gasteiger partial charge in [0, 0.05) is 33.4 Å². The van der Waals surface area contributed by atoms with Crippen LogP contribution in [0.15, 0.2) is 18.2 Å². The van der Waals surface area contributed by atoms with E-state index in [9.17, 15) is 14.7 Å². The van der Waals surface area contributed by atoms with Gasteiger partial charge >= 0.3 is 5.97 Å². The van der Waals surface area contributed by atoms with E-state index in [4.69, 9.17) is 4.74 Å². The van der Waals surface area contributed by atoms with Gasteiger partial charge < -0.3 is 19.6 Å². The lowest BCUT2D eigenvalue weighted by Gasteiger charge is -2.22. The van der Waals surface area contributed by atoms with Crippen molar-refractivity contribution in [1.29, 1.82) is 0 Å². The Morgan fingerprint density at radius 1 is 1.24 bits per heavy atom. The maximum absolute atomic E-state index is 12.1. The zero-order valence-electron chi connectivity index (χ0n) is 12.9. The number of carboxylic acid groups (broad SMARTS) is 1. The van der Waals surface area contributed by atoms with E-state index in [-0.39, 0.29) is 18.1 Å². The van der Waals surface area contributed by atoms with Gasteiger partial charge in [0.25, 0.3) is 5.91 Å². The lowest BCUT2D eigenvalue weighted by molar-refractivity contribution is -0.122. The number of hydrogen-bond donors (Lipinski definition) is 1. The molecule has 0 aliphatic rings. The first-order chi connectivity index (χ1) is 9.88. The second-order valence-corrected chi connectivity index (χ2v) is 4.91. The number of amides is 1. The van der Waals surface area contributed by atoms with E-state index in [0.29, 0.717) is 12.3 Å². The smallest absolute Gasteiger partial charge is 0.337 e. The molecular weight excluding hydrogens is 272 g/mol. The lowest BCUT2D eigenvalue weighted by atomic mass is 10.1. The minimum Gasteiger partial charge on any atom is -0.478 e. The topological polar surface area (TPSA) is 70.1 Å². The number of ether oxygens (including phenoxy) is 1. The molecule has 0 unspecified atom stereocenters. The predicted octanol–water partition coefficient (Wildman–Crippen LogP) is 1.84. The highest BCUT2D eigenvalue weighted by molar-refractivity contribution is 6.02. The minimum atomic E-state index is -1.07. The molecule has 0 radical (unpaired) electrons. The number of aromatic carboxylic acids is 1. The van der Waals surface area contributed by atoms with Crippen molar-refractivity contribution in [2.45, 2.75) is 13.3 Å². The molecule has 0 fully saturated rings. The van der Waals surface area contributed by atoms with E-state index >= 15 is 0 Å². The molecule has 1 aromatic rings. The first-order valence-electron chi connectivity index (χ1n) is 6.77. The summed E-state index contributed by atoms with van der Waals surface area (Å²) in [4.78, 5) is 26.5. The Labute approximate surface area is 124 Å². The quantitative estimate of drug-likeness (QED) is 0.777. The highest BCUT2D eigenvalue weighted by Gasteiger charge is 2.19. The summed E-state index contributed by atoms with van der Waals surface area (Å²) in [6, 6.07) is 4.89. The Balaban J connectivity index is 3.04. The molecule has 1 rings (SSSR count). The monoisotopic (exact) mass is 294 g/mol. The van der Waals surface area contributed by atoms with Crippen molar-refractivity contribution >= 4 is 23.3 Å². The van der Waals surface area contributed by atoms with Gasteiger partial charge in [-0.25, -0.2) is 4.79 Å². The molecular formula is C15H22N2O4. The van der Waals surface area contributed by atoms with Gasteiger partial charge in [-0.05, 0) is 24.6 Å². The molecule has 0 aliphatic heterocycles. The lowest BCUT2D eigenvalue weighted by Crippen LogP contribution is -2.31. The number of benzene rings is 1. The molecule has 0 heterocycles. The molecule has 21 heavy (non-hydrogen) atoms. The van der Waals surface area contributed by atoms with Crippen molar-refractivity contribution in [2.24, 2.45) is 0 Å². The van der Waals surface area contributed by atoms with Crippen LogP contribution in [0.1, 0.15) is 23.7 Å². The number of nitrogens with zero attached hydrogens (tertiary/aromatic N) is 2. The third-order valence-corrected chi connectivity index (χ3v) is 3.04. The maximum atomic E-state index is 12.1. The van der Waals surface area contributed by atoms with Gasteiger partial charge in [-0.1, -0.05) is 6.92 Å². The van der Waals surface area contributed by atoms with Crippen molar-refractivity contribution in [2.75, 3.05) is 44.2 Å². The zero-order valence-corrected chi connectivity index (χ0v) is 12.9. The van der Waals surface area contributed by atoms with E-state index in [1.54, 1.807) is 19.2 Å². The molecule has 0 atom stereocenters. The van der Waals surface area contributed by atoms with Crippen LogP contribution in [-0.2, 0) is 9.53 Å². The summed E-state index contributed by atoms with van der Waals surface area (Å²) < 4.78 is 5.22. The molecule has 1 aromatic carbocycles. The summed E-state index contributed by atoms with van der Waals surface area (Å²) in [5.41, 5.74) is 1.27. The number of carbonyl (C=O) groups excluding carboxylic acids is 1. The first kappa shape index (κ1) is 17.0. The van der Waals surface area contributed by atoms with Crippen LogP contribution < -0.4 is 9.80 Å². The van der Waals surface area contributed by atoms with Crippen LogP contribution in [0.3, 0.4) is 0 Å². The molecule has 1 N–H and O–H groups in total. The zero-order chi connectivity index (χ0) is 16.0. The van der Waals surface area contributed by atoms with E-state index in [1.165, 1.54) is 11.0 Å². The summed E-state index contributed by atoms with van der Waals surface area (Å²) in [6.07, 6.45) is 0.827. The Hall–Kier alpha value is -2.08.